The quantitative estimate of drug-likeness (QED) is 0.880. The monoisotopic (exact) mass is 233 g/mol. The average molecular weight is 233 g/mol. The second-order valence-electron chi connectivity index (χ2n) is 4.06. The summed E-state index contributed by atoms with van der Waals surface area (Å²) in [5.74, 6) is 0.746. The van der Waals surface area contributed by atoms with E-state index < -0.39 is 0 Å². The van der Waals surface area contributed by atoms with Crippen LogP contribution in [0, 0.1) is 6.92 Å². The minimum atomic E-state index is 0.320. The van der Waals surface area contributed by atoms with Crippen LogP contribution in [0.25, 0.3) is 0 Å². The Bertz CT molecular complexity index is 461. The molecule has 1 atom stereocenters. The molecule has 0 spiro atoms. The Morgan fingerprint density at radius 3 is 2.56 bits per heavy atom. The number of benzene rings is 1. The SMILES string of the molecule is Cc1nc([C@@H](C)Cc2ccc(O)cc2)cs1. The first kappa shape index (κ1) is 11.1. The average Bonchev–Trinajstić information content (AvgIpc) is 2.68. The molecule has 3 heteroatoms. The van der Waals surface area contributed by atoms with Gasteiger partial charge >= 0.3 is 0 Å². The van der Waals surface area contributed by atoms with Crippen LogP contribution in [0.3, 0.4) is 0 Å². The Labute approximate surface area is 99.6 Å². The predicted octanol–water partition coefficient (Wildman–Crippen LogP) is 3.50. The van der Waals surface area contributed by atoms with E-state index in [1.54, 1.807) is 23.5 Å². The lowest BCUT2D eigenvalue weighted by molar-refractivity contribution is 0.475. The summed E-state index contributed by atoms with van der Waals surface area (Å²) in [6.07, 6.45) is 0.962. The molecule has 1 heterocycles. The zero-order chi connectivity index (χ0) is 11.5. The molecule has 16 heavy (non-hydrogen) atoms. The molecule has 0 fully saturated rings. The van der Waals surface area contributed by atoms with E-state index in [9.17, 15) is 5.11 Å². The summed E-state index contributed by atoms with van der Waals surface area (Å²) in [5, 5.41) is 12.4. The molecule has 1 aromatic carbocycles. The molecular formula is C13H15NOS. The molecule has 0 amide bonds. The number of nitrogens with zero attached hydrogens (tertiary/aromatic N) is 1. The third-order valence-corrected chi connectivity index (χ3v) is 3.41. The largest absolute Gasteiger partial charge is 0.508 e. The lowest BCUT2D eigenvalue weighted by Crippen LogP contribution is -1.98. The number of aryl methyl sites for hydroxylation is 1. The van der Waals surface area contributed by atoms with Gasteiger partial charge in [-0.05, 0) is 31.0 Å². The summed E-state index contributed by atoms with van der Waals surface area (Å²) >= 11 is 1.69. The molecule has 2 rings (SSSR count). The number of phenols is 1. The summed E-state index contributed by atoms with van der Waals surface area (Å²) in [5.41, 5.74) is 2.39. The molecule has 0 aliphatic heterocycles. The lowest BCUT2D eigenvalue weighted by Gasteiger charge is -2.08. The van der Waals surface area contributed by atoms with E-state index in [-0.39, 0.29) is 0 Å². The predicted molar refractivity (Wildman–Crippen MR) is 67.1 cm³/mol. The second kappa shape index (κ2) is 4.66. The van der Waals surface area contributed by atoms with Gasteiger partial charge in [-0.3, -0.25) is 0 Å². The summed E-state index contributed by atoms with van der Waals surface area (Å²) in [6, 6.07) is 7.39. The van der Waals surface area contributed by atoms with E-state index in [0.29, 0.717) is 11.7 Å². The van der Waals surface area contributed by atoms with Crippen molar-refractivity contribution in [2.24, 2.45) is 0 Å². The molecule has 1 N–H and O–H groups in total. The lowest BCUT2D eigenvalue weighted by atomic mass is 9.99. The van der Waals surface area contributed by atoms with Crippen LogP contribution < -0.4 is 0 Å². The highest BCUT2D eigenvalue weighted by Gasteiger charge is 2.09. The van der Waals surface area contributed by atoms with Crippen LogP contribution in [-0.2, 0) is 6.42 Å². The number of aromatic hydroxyl groups is 1. The van der Waals surface area contributed by atoms with Crippen molar-refractivity contribution in [1.82, 2.24) is 4.98 Å². The van der Waals surface area contributed by atoms with Gasteiger partial charge in [-0.15, -0.1) is 11.3 Å². The number of hydrogen-bond donors (Lipinski definition) is 1. The minimum absolute atomic E-state index is 0.320. The van der Waals surface area contributed by atoms with Gasteiger partial charge in [0.05, 0.1) is 10.7 Å². The summed E-state index contributed by atoms with van der Waals surface area (Å²) in [4.78, 5) is 4.49. The Morgan fingerprint density at radius 1 is 1.31 bits per heavy atom. The van der Waals surface area contributed by atoms with E-state index >= 15 is 0 Å². The van der Waals surface area contributed by atoms with Gasteiger partial charge in [0.1, 0.15) is 5.75 Å². The summed E-state index contributed by atoms with van der Waals surface area (Å²) in [7, 11) is 0. The van der Waals surface area contributed by atoms with Gasteiger partial charge in [0.15, 0.2) is 0 Å². The molecule has 0 radical (unpaired) electrons. The van der Waals surface area contributed by atoms with Crippen LogP contribution >= 0.6 is 11.3 Å². The standard InChI is InChI=1S/C13H15NOS/c1-9(13-8-16-10(2)14-13)7-11-3-5-12(15)6-4-11/h3-6,8-9,15H,7H2,1-2H3/t9-/m0/s1. The number of rotatable bonds is 3. The molecule has 0 aliphatic carbocycles. The normalized spacial score (nSPS) is 12.6. The van der Waals surface area contributed by atoms with E-state index in [0.717, 1.165) is 17.1 Å². The first-order valence-corrected chi connectivity index (χ1v) is 6.23. The van der Waals surface area contributed by atoms with Crippen LogP contribution in [0.5, 0.6) is 5.75 Å². The fourth-order valence-electron chi connectivity index (χ4n) is 1.70. The molecule has 2 aromatic rings. The van der Waals surface area contributed by atoms with Crippen molar-refractivity contribution in [2.75, 3.05) is 0 Å². The molecule has 0 bridgehead atoms. The molecule has 2 nitrogen and oxygen atoms in total. The van der Waals surface area contributed by atoms with E-state index in [1.165, 1.54) is 5.56 Å². The van der Waals surface area contributed by atoms with Gasteiger partial charge < -0.3 is 5.11 Å². The summed E-state index contributed by atoms with van der Waals surface area (Å²) in [6.45, 7) is 4.21. The van der Waals surface area contributed by atoms with Crippen molar-refractivity contribution >= 4 is 11.3 Å². The maximum absolute atomic E-state index is 9.20. The van der Waals surface area contributed by atoms with E-state index in [2.05, 4.69) is 17.3 Å². The molecule has 1 aromatic heterocycles. The van der Waals surface area contributed by atoms with Crippen molar-refractivity contribution in [3.63, 3.8) is 0 Å². The van der Waals surface area contributed by atoms with Crippen LogP contribution in [0.4, 0.5) is 0 Å². The second-order valence-corrected chi connectivity index (χ2v) is 5.13. The Hall–Kier alpha value is -1.35. The highest BCUT2D eigenvalue weighted by atomic mass is 32.1. The van der Waals surface area contributed by atoms with Crippen molar-refractivity contribution in [2.45, 2.75) is 26.2 Å². The smallest absolute Gasteiger partial charge is 0.115 e. The molecule has 0 saturated carbocycles. The van der Waals surface area contributed by atoms with Crippen LogP contribution in [0.15, 0.2) is 29.6 Å². The summed E-state index contributed by atoms with van der Waals surface area (Å²) < 4.78 is 0. The Morgan fingerprint density at radius 2 is 2.00 bits per heavy atom. The van der Waals surface area contributed by atoms with Crippen molar-refractivity contribution in [1.29, 1.82) is 0 Å². The van der Waals surface area contributed by atoms with Gasteiger partial charge in [-0.1, -0.05) is 19.1 Å². The molecule has 0 unspecified atom stereocenters. The highest BCUT2D eigenvalue weighted by molar-refractivity contribution is 7.09. The first-order valence-electron chi connectivity index (χ1n) is 5.35. The third-order valence-electron chi connectivity index (χ3n) is 2.62. The van der Waals surface area contributed by atoms with Gasteiger partial charge in [0.25, 0.3) is 0 Å². The van der Waals surface area contributed by atoms with Gasteiger partial charge in [-0.25, -0.2) is 4.98 Å². The third kappa shape index (κ3) is 2.61. The molecular weight excluding hydrogens is 218 g/mol. The maximum atomic E-state index is 9.20. The number of hydrogen-bond acceptors (Lipinski definition) is 3. The van der Waals surface area contributed by atoms with Gasteiger partial charge in [-0.2, -0.15) is 0 Å². The topological polar surface area (TPSA) is 33.1 Å². The molecule has 0 aliphatic rings. The molecule has 84 valence electrons. The highest BCUT2D eigenvalue weighted by Crippen LogP contribution is 2.22. The number of aromatic nitrogens is 1. The van der Waals surface area contributed by atoms with Gasteiger partial charge in [0, 0.05) is 11.3 Å². The zero-order valence-electron chi connectivity index (χ0n) is 9.47. The van der Waals surface area contributed by atoms with Crippen molar-refractivity contribution < 1.29 is 5.11 Å². The van der Waals surface area contributed by atoms with Gasteiger partial charge in [0.2, 0.25) is 0 Å². The van der Waals surface area contributed by atoms with Crippen LogP contribution in [0.2, 0.25) is 0 Å². The number of thiazole rings is 1. The minimum Gasteiger partial charge on any atom is -0.508 e. The first-order chi connectivity index (χ1) is 7.65. The van der Waals surface area contributed by atoms with Crippen molar-refractivity contribution in [3.05, 3.63) is 45.9 Å². The number of phenolic OH excluding ortho intramolecular Hbond substituents is 1. The Kier molecular flexibility index (Phi) is 3.25. The fraction of sp³-hybridized carbons (Fsp3) is 0.308. The maximum Gasteiger partial charge on any atom is 0.115 e. The van der Waals surface area contributed by atoms with E-state index in [4.69, 9.17) is 0 Å². The molecule has 0 saturated heterocycles. The zero-order valence-corrected chi connectivity index (χ0v) is 10.3. The van der Waals surface area contributed by atoms with Crippen LogP contribution in [-0.4, -0.2) is 10.1 Å². The fourth-order valence-corrected chi connectivity index (χ4v) is 2.43. The van der Waals surface area contributed by atoms with Crippen molar-refractivity contribution in [3.8, 4) is 5.75 Å². The Balaban J connectivity index is 2.07. The van der Waals surface area contributed by atoms with E-state index in [1.807, 2.05) is 19.1 Å². The van der Waals surface area contributed by atoms with Crippen LogP contribution in [0.1, 0.15) is 29.1 Å².